The van der Waals surface area contributed by atoms with Crippen molar-refractivity contribution in [1.29, 1.82) is 0 Å². The van der Waals surface area contributed by atoms with Gasteiger partial charge in [0.15, 0.2) is 0 Å². The highest BCUT2D eigenvalue weighted by molar-refractivity contribution is 5.49. The normalized spacial score (nSPS) is 12.1. The lowest BCUT2D eigenvalue weighted by Gasteiger charge is -2.22. The molecule has 1 heterocycles. The number of hydrogen-bond acceptors (Lipinski definition) is 6. The third kappa shape index (κ3) is 3.93. The number of hydrogen-bond donors (Lipinski definition) is 2. The number of phenols is 1. The van der Waals surface area contributed by atoms with Crippen LogP contribution in [0.4, 0.5) is 11.4 Å². The summed E-state index contributed by atoms with van der Waals surface area (Å²) in [6.45, 7) is 0.452. The van der Waals surface area contributed by atoms with Crippen LogP contribution in [0.5, 0.6) is 5.75 Å². The van der Waals surface area contributed by atoms with E-state index >= 15 is 0 Å². The van der Waals surface area contributed by atoms with Crippen LogP contribution in [0.25, 0.3) is 0 Å². The van der Waals surface area contributed by atoms with Crippen LogP contribution in [-0.2, 0) is 6.54 Å². The molecule has 0 radical (unpaired) electrons. The van der Waals surface area contributed by atoms with E-state index in [2.05, 4.69) is 5.10 Å². The van der Waals surface area contributed by atoms with Crippen molar-refractivity contribution in [3.63, 3.8) is 0 Å². The molecule has 2 aromatic rings. The van der Waals surface area contributed by atoms with E-state index in [1.54, 1.807) is 30.1 Å². The number of benzene rings is 1. The molecule has 0 saturated carbocycles. The van der Waals surface area contributed by atoms with E-state index in [1.807, 2.05) is 6.07 Å². The molecule has 0 fully saturated rings. The van der Waals surface area contributed by atoms with Crippen LogP contribution in [-0.4, -0.2) is 44.6 Å². The lowest BCUT2D eigenvalue weighted by Crippen LogP contribution is -2.32. The minimum atomic E-state index is -0.753. The number of aliphatic hydroxyl groups is 1. The zero-order valence-corrected chi connectivity index (χ0v) is 11.5. The van der Waals surface area contributed by atoms with Crippen molar-refractivity contribution >= 4 is 11.4 Å². The second-order valence-electron chi connectivity index (χ2n) is 4.73. The Kier molecular flexibility index (Phi) is 4.39. The maximum absolute atomic E-state index is 10.6. The number of nitro groups is 1. The van der Waals surface area contributed by atoms with E-state index in [0.29, 0.717) is 6.54 Å². The predicted octanol–water partition coefficient (Wildman–Crippen LogP) is 0.994. The third-order valence-corrected chi connectivity index (χ3v) is 2.98. The topological polar surface area (TPSA) is 105 Å². The molecular formula is C13H16N4O4. The fraction of sp³-hybridized carbons (Fsp3) is 0.308. The van der Waals surface area contributed by atoms with Gasteiger partial charge in [-0.1, -0.05) is 6.07 Å². The Morgan fingerprint density at radius 2 is 2.29 bits per heavy atom. The first-order valence-corrected chi connectivity index (χ1v) is 6.31. The number of rotatable bonds is 6. The summed E-state index contributed by atoms with van der Waals surface area (Å²) in [5.41, 5.74) is 0.657. The van der Waals surface area contributed by atoms with Gasteiger partial charge >= 0.3 is 5.69 Å². The average Bonchev–Trinajstić information content (AvgIpc) is 2.87. The highest BCUT2D eigenvalue weighted by Gasteiger charge is 2.14. The maximum Gasteiger partial charge on any atom is 0.306 e. The Hall–Kier alpha value is -2.61. The van der Waals surface area contributed by atoms with Gasteiger partial charge in [-0.3, -0.25) is 14.8 Å². The summed E-state index contributed by atoms with van der Waals surface area (Å²) in [6, 6.07) is 6.68. The molecular weight excluding hydrogens is 276 g/mol. The summed E-state index contributed by atoms with van der Waals surface area (Å²) in [5, 5.41) is 33.8. The van der Waals surface area contributed by atoms with Gasteiger partial charge in [0.1, 0.15) is 18.1 Å². The lowest BCUT2D eigenvalue weighted by atomic mass is 10.2. The molecule has 0 aliphatic rings. The number of aromatic hydroxyl groups is 1. The van der Waals surface area contributed by atoms with Gasteiger partial charge in [0.2, 0.25) is 0 Å². The zero-order chi connectivity index (χ0) is 15.4. The smallest absolute Gasteiger partial charge is 0.306 e. The second-order valence-corrected chi connectivity index (χ2v) is 4.73. The molecule has 8 heteroatoms. The molecule has 0 bridgehead atoms. The van der Waals surface area contributed by atoms with Crippen molar-refractivity contribution in [2.45, 2.75) is 12.6 Å². The number of phenolic OH excluding ortho intramolecular Hbond substituents is 1. The standard InChI is InChI=1S/C13H16N4O4/c1-15(10-3-2-4-12(18)5-10)8-13(19)9-16-7-11(6-14-16)17(20)21/h2-7,13,18-19H,8-9H2,1H3. The van der Waals surface area contributed by atoms with Gasteiger partial charge in [-0.15, -0.1) is 0 Å². The summed E-state index contributed by atoms with van der Waals surface area (Å²) in [5.74, 6) is 0.150. The van der Waals surface area contributed by atoms with Gasteiger partial charge in [-0.2, -0.15) is 5.10 Å². The molecule has 1 aromatic carbocycles. The summed E-state index contributed by atoms with van der Waals surface area (Å²) < 4.78 is 1.33. The minimum Gasteiger partial charge on any atom is -0.508 e. The molecule has 2 N–H and O–H groups in total. The largest absolute Gasteiger partial charge is 0.508 e. The van der Waals surface area contributed by atoms with Crippen molar-refractivity contribution in [2.75, 3.05) is 18.5 Å². The molecule has 1 atom stereocenters. The van der Waals surface area contributed by atoms with E-state index in [4.69, 9.17) is 0 Å². The van der Waals surface area contributed by atoms with Gasteiger partial charge in [0, 0.05) is 25.3 Å². The van der Waals surface area contributed by atoms with Crippen molar-refractivity contribution in [1.82, 2.24) is 9.78 Å². The van der Waals surface area contributed by atoms with Crippen LogP contribution in [0.15, 0.2) is 36.7 Å². The first-order valence-electron chi connectivity index (χ1n) is 6.31. The van der Waals surface area contributed by atoms with E-state index in [-0.39, 0.29) is 18.0 Å². The fourth-order valence-corrected chi connectivity index (χ4v) is 1.97. The highest BCUT2D eigenvalue weighted by Crippen LogP contribution is 2.19. The molecule has 1 aromatic heterocycles. The Morgan fingerprint density at radius 1 is 1.52 bits per heavy atom. The first kappa shape index (κ1) is 14.8. The molecule has 0 aliphatic heterocycles. The van der Waals surface area contributed by atoms with Crippen LogP contribution in [0.1, 0.15) is 0 Å². The summed E-state index contributed by atoms with van der Waals surface area (Å²) in [6.07, 6.45) is 1.67. The number of anilines is 1. The molecule has 8 nitrogen and oxygen atoms in total. The number of aromatic nitrogens is 2. The quantitative estimate of drug-likeness (QED) is 0.608. The third-order valence-electron chi connectivity index (χ3n) is 2.98. The van der Waals surface area contributed by atoms with E-state index in [1.165, 1.54) is 10.9 Å². The second kappa shape index (κ2) is 6.23. The van der Waals surface area contributed by atoms with Gasteiger partial charge in [-0.05, 0) is 12.1 Å². The Labute approximate surface area is 121 Å². The van der Waals surface area contributed by atoms with Gasteiger partial charge < -0.3 is 15.1 Å². The number of nitrogens with zero attached hydrogens (tertiary/aromatic N) is 4. The van der Waals surface area contributed by atoms with Gasteiger partial charge in [0.05, 0.1) is 17.6 Å². The Morgan fingerprint density at radius 3 is 2.90 bits per heavy atom. The van der Waals surface area contributed by atoms with Crippen molar-refractivity contribution in [3.05, 3.63) is 46.8 Å². The Balaban J connectivity index is 1.94. The van der Waals surface area contributed by atoms with E-state index in [9.17, 15) is 20.3 Å². The molecule has 112 valence electrons. The van der Waals surface area contributed by atoms with Crippen LogP contribution in [0, 0.1) is 10.1 Å². The highest BCUT2D eigenvalue weighted by atomic mass is 16.6. The van der Waals surface area contributed by atoms with E-state index in [0.717, 1.165) is 11.9 Å². The predicted molar refractivity (Wildman–Crippen MR) is 76.3 cm³/mol. The molecule has 0 aliphatic carbocycles. The monoisotopic (exact) mass is 292 g/mol. The summed E-state index contributed by atoms with van der Waals surface area (Å²) in [7, 11) is 1.78. The summed E-state index contributed by atoms with van der Waals surface area (Å²) in [4.78, 5) is 11.8. The molecule has 0 spiro atoms. The molecule has 21 heavy (non-hydrogen) atoms. The Bertz CT molecular complexity index is 628. The molecule has 1 unspecified atom stereocenters. The van der Waals surface area contributed by atoms with Crippen molar-refractivity contribution in [2.24, 2.45) is 0 Å². The van der Waals surface area contributed by atoms with Crippen molar-refractivity contribution < 1.29 is 15.1 Å². The van der Waals surface area contributed by atoms with Crippen molar-refractivity contribution in [3.8, 4) is 5.75 Å². The van der Waals surface area contributed by atoms with Crippen LogP contribution < -0.4 is 4.90 Å². The van der Waals surface area contributed by atoms with Crippen LogP contribution in [0.3, 0.4) is 0 Å². The molecule has 2 rings (SSSR count). The van der Waals surface area contributed by atoms with Gasteiger partial charge in [0.25, 0.3) is 0 Å². The van der Waals surface area contributed by atoms with Crippen LogP contribution >= 0.6 is 0 Å². The lowest BCUT2D eigenvalue weighted by molar-refractivity contribution is -0.385. The SMILES string of the molecule is CN(CC(O)Cn1cc([N+](=O)[O-])cn1)c1cccc(O)c1. The molecule has 0 amide bonds. The maximum atomic E-state index is 10.6. The molecule has 0 saturated heterocycles. The first-order chi connectivity index (χ1) is 9.95. The van der Waals surface area contributed by atoms with Gasteiger partial charge in [-0.25, -0.2) is 0 Å². The summed E-state index contributed by atoms with van der Waals surface area (Å²) >= 11 is 0. The zero-order valence-electron chi connectivity index (χ0n) is 11.5. The number of likely N-dealkylation sites (N-methyl/N-ethyl adjacent to an activating group) is 1. The average molecular weight is 292 g/mol. The minimum absolute atomic E-state index is 0.108. The number of aliphatic hydroxyl groups excluding tert-OH is 1. The fourth-order valence-electron chi connectivity index (χ4n) is 1.97. The van der Waals surface area contributed by atoms with E-state index < -0.39 is 11.0 Å². The van der Waals surface area contributed by atoms with Crippen LogP contribution in [0.2, 0.25) is 0 Å².